The first-order valence-electron chi connectivity index (χ1n) is 7.71. The van der Waals surface area contributed by atoms with Gasteiger partial charge in [-0.2, -0.15) is 0 Å². The second-order valence-electron chi connectivity index (χ2n) is 5.90. The predicted molar refractivity (Wildman–Crippen MR) is 83.9 cm³/mol. The number of likely N-dealkylation sites (tertiary alicyclic amines) is 1. The molecule has 3 heteroatoms. The molecular formula is C17H28N2O. The van der Waals surface area contributed by atoms with Gasteiger partial charge in [0.15, 0.2) is 0 Å². The summed E-state index contributed by atoms with van der Waals surface area (Å²) < 4.78 is 5.35. The highest BCUT2D eigenvalue weighted by Crippen LogP contribution is 2.26. The quantitative estimate of drug-likeness (QED) is 0.828. The van der Waals surface area contributed by atoms with E-state index in [1.165, 1.54) is 24.9 Å². The summed E-state index contributed by atoms with van der Waals surface area (Å²) in [6, 6.07) is 11.8. The van der Waals surface area contributed by atoms with Crippen molar-refractivity contribution in [3.05, 3.63) is 35.9 Å². The molecule has 2 rings (SSSR count). The average molecular weight is 276 g/mol. The zero-order valence-corrected chi connectivity index (χ0v) is 13.0. The summed E-state index contributed by atoms with van der Waals surface area (Å²) in [5.74, 6) is 0.583. The van der Waals surface area contributed by atoms with Crippen molar-refractivity contribution in [3.63, 3.8) is 0 Å². The van der Waals surface area contributed by atoms with Gasteiger partial charge in [0.1, 0.15) is 0 Å². The Hall–Kier alpha value is -0.900. The number of ether oxygens (including phenoxy) is 1. The number of rotatable bonds is 7. The van der Waals surface area contributed by atoms with Gasteiger partial charge < -0.3 is 10.1 Å². The lowest BCUT2D eigenvalue weighted by atomic mass is 9.94. The van der Waals surface area contributed by atoms with Crippen molar-refractivity contribution in [2.75, 3.05) is 33.9 Å². The molecule has 1 aliphatic rings. The minimum Gasteiger partial charge on any atom is -0.383 e. The Balaban J connectivity index is 1.97. The summed E-state index contributed by atoms with van der Waals surface area (Å²) in [6.45, 7) is 5.55. The molecule has 1 aromatic carbocycles. The third-order valence-corrected chi connectivity index (χ3v) is 4.42. The van der Waals surface area contributed by atoms with Crippen molar-refractivity contribution in [1.82, 2.24) is 10.2 Å². The Morgan fingerprint density at radius 2 is 2.10 bits per heavy atom. The number of methoxy groups -OCH3 is 1. The second-order valence-corrected chi connectivity index (χ2v) is 5.90. The summed E-state index contributed by atoms with van der Waals surface area (Å²) in [4.78, 5) is 2.60. The van der Waals surface area contributed by atoms with Crippen LogP contribution in [-0.4, -0.2) is 44.8 Å². The van der Waals surface area contributed by atoms with Crippen LogP contribution in [0.15, 0.2) is 30.3 Å². The van der Waals surface area contributed by atoms with E-state index in [1.807, 2.05) is 0 Å². The van der Waals surface area contributed by atoms with Gasteiger partial charge in [-0.15, -0.1) is 0 Å². The van der Waals surface area contributed by atoms with Gasteiger partial charge in [0.05, 0.1) is 6.61 Å². The fourth-order valence-corrected chi connectivity index (χ4v) is 3.43. The van der Waals surface area contributed by atoms with Crippen LogP contribution >= 0.6 is 0 Å². The lowest BCUT2D eigenvalue weighted by Gasteiger charge is -2.31. The molecule has 20 heavy (non-hydrogen) atoms. The van der Waals surface area contributed by atoms with E-state index in [4.69, 9.17) is 4.74 Å². The first-order valence-corrected chi connectivity index (χ1v) is 7.71. The number of nitrogens with one attached hydrogen (secondary N) is 1. The lowest BCUT2D eigenvalue weighted by molar-refractivity contribution is 0.102. The molecule has 1 fully saturated rings. The van der Waals surface area contributed by atoms with Crippen LogP contribution in [0, 0.1) is 5.92 Å². The van der Waals surface area contributed by atoms with Crippen LogP contribution in [0.5, 0.6) is 0 Å². The maximum atomic E-state index is 5.35. The molecular weight excluding hydrogens is 248 g/mol. The van der Waals surface area contributed by atoms with E-state index in [1.54, 1.807) is 7.11 Å². The molecule has 0 spiro atoms. The fraction of sp³-hybridized carbons (Fsp3) is 0.647. The van der Waals surface area contributed by atoms with Crippen molar-refractivity contribution in [2.24, 2.45) is 5.92 Å². The average Bonchev–Trinajstić information content (AvgIpc) is 2.88. The third-order valence-electron chi connectivity index (χ3n) is 4.42. The highest BCUT2D eigenvalue weighted by Gasteiger charge is 2.28. The van der Waals surface area contributed by atoms with E-state index in [0.717, 1.165) is 13.2 Å². The Kier molecular flexibility index (Phi) is 6.02. The van der Waals surface area contributed by atoms with Crippen LogP contribution in [0.2, 0.25) is 0 Å². The lowest BCUT2D eigenvalue weighted by Crippen LogP contribution is -2.39. The summed E-state index contributed by atoms with van der Waals surface area (Å²) in [6.07, 6.45) is 2.58. The van der Waals surface area contributed by atoms with E-state index in [-0.39, 0.29) is 0 Å². The standard InChI is InChI=1S/C17H28N2O/c1-14(12-19-11-7-10-16(19)13-20-3)17(18-2)15-8-5-4-6-9-15/h4-6,8-9,14,16-18H,7,10-13H2,1-3H3/t14-,16-,17+/m0/s1. The molecule has 1 N–H and O–H groups in total. The van der Waals surface area contributed by atoms with E-state index >= 15 is 0 Å². The summed E-state index contributed by atoms with van der Waals surface area (Å²) in [5.41, 5.74) is 1.38. The first-order chi connectivity index (χ1) is 9.76. The van der Waals surface area contributed by atoms with Crippen molar-refractivity contribution < 1.29 is 4.74 Å². The largest absolute Gasteiger partial charge is 0.383 e. The molecule has 112 valence electrons. The first kappa shape index (κ1) is 15.5. The summed E-state index contributed by atoms with van der Waals surface area (Å²) >= 11 is 0. The minimum atomic E-state index is 0.417. The molecule has 0 aliphatic carbocycles. The predicted octanol–water partition coefficient (Wildman–Crippen LogP) is 2.69. The van der Waals surface area contributed by atoms with Crippen LogP contribution < -0.4 is 5.32 Å². The van der Waals surface area contributed by atoms with Gasteiger partial charge in [-0.05, 0) is 37.9 Å². The van der Waals surface area contributed by atoms with Gasteiger partial charge >= 0.3 is 0 Å². The van der Waals surface area contributed by atoms with E-state index < -0.39 is 0 Å². The zero-order valence-electron chi connectivity index (χ0n) is 13.0. The molecule has 1 aliphatic heterocycles. The maximum Gasteiger partial charge on any atom is 0.0618 e. The van der Waals surface area contributed by atoms with Crippen molar-refractivity contribution in [2.45, 2.75) is 31.8 Å². The number of benzene rings is 1. The normalized spacial score (nSPS) is 22.9. The molecule has 1 saturated heterocycles. The molecule has 0 bridgehead atoms. The number of hydrogen-bond acceptors (Lipinski definition) is 3. The Morgan fingerprint density at radius 3 is 2.75 bits per heavy atom. The van der Waals surface area contributed by atoms with Gasteiger partial charge in [0.2, 0.25) is 0 Å². The monoisotopic (exact) mass is 276 g/mol. The van der Waals surface area contributed by atoms with E-state index in [0.29, 0.717) is 18.0 Å². The molecule has 3 nitrogen and oxygen atoms in total. The Labute approximate surface area is 123 Å². The summed E-state index contributed by atoms with van der Waals surface area (Å²) in [5, 5.41) is 3.48. The van der Waals surface area contributed by atoms with E-state index in [9.17, 15) is 0 Å². The Morgan fingerprint density at radius 1 is 1.35 bits per heavy atom. The molecule has 0 saturated carbocycles. The summed E-state index contributed by atoms with van der Waals surface area (Å²) in [7, 11) is 3.87. The minimum absolute atomic E-state index is 0.417. The van der Waals surface area contributed by atoms with Crippen molar-refractivity contribution >= 4 is 0 Å². The van der Waals surface area contributed by atoms with Gasteiger partial charge in [-0.25, -0.2) is 0 Å². The van der Waals surface area contributed by atoms with Crippen LogP contribution in [0.3, 0.4) is 0 Å². The van der Waals surface area contributed by atoms with Crippen molar-refractivity contribution in [1.29, 1.82) is 0 Å². The highest BCUT2D eigenvalue weighted by molar-refractivity contribution is 5.19. The Bertz CT molecular complexity index is 382. The molecule has 1 aromatic rings. The second kappa shape index (κ2) is 7.77. The molecule has 0 unspecified atom stereocenters. The number of nitrogens with zero attached hydrogens (tertiary/aromatic N) is 1. The van der Waals surface area contributed by atoms with Gasteiger partial charge in [0, 0.05) is 25.7 Å². The maximum absolute atomic E-state index is 5.35. The van der Waals surface area contributed by atoms with Gasteiger partial charge in [-0.3, -0.25) is 4.90 Å². The van der Waals surface area contributed by atoms with Crippen LogP contribution in [-0.2, 0) is 4.74 Å². The van der Waals surface area contributed by atoms with Crippen molar-refractivity contribution in [3.8, 4) is 0 Å². The molecule has 3 atom stereocenters. The third kappa shape index (κ3) is 3.81. The van der Waals surface area contributed by atoms with E-state index in [2.05, 4.69) is 54.5 Å². The van der Waals surface area contributed by atoms with Crippen LogP contribution in [0.25, 0.3) is 0 Å². The molecule has 0 aromatic heterocycles. The molecule has 0 radical (unpaired) electrons. The molecule has 0 amide bonds. The number of hydrogen-bond donors (Lipinski definition) is 1. The molecule has 1 heterocycles. The van der Waals surface area contributed by atoms with Gasteiger partial charge in [-0.1, -0.05) is 37.3 Å². The fourth-order valence-electron chi connectivity index (χ4n) is 3.43. The highest BCUT2D eigenvalue weighted by atomic mass is 16.5. The SMILES string of the molecule is CN[C@@H](c1ccccc1)[C@@H](C)CN1CCC[C@H]1COC. The van der Waals surface area contributed by atoms with Gasteiger partial charge in [0.25, 0.3) is 0 Å². The van der Waals surface area contributed by atoms with Crippen LogP contribution in [0.4, 0.5) is 0 Å². The topological polar surface area (TPSA) is 24.5 Å². The smallest absolute Gasteiger partial charge is 0.0618 e. The zero-order chi connectivity index (χ0) is 14.4. The van der Waals surface area contributed by atoms with Crippen LogP contribution in [0.1, 0.15) is 31.4 Å².